The molecule has 4 heteroatoms. The minimum Gasteiger partial charge on any atom is -0.396 e. The molecule has 0 radical (unpaired) electrons. The molecule has 1 aliphatic heterocycles. The molecule has 104 valence electrons. The standard InChI is InChI=1S/C15H20BrNO2/c1-11-2-4-13(5-3-11)14(6-7-18)17-10-12(9-16)8-15(17)19/h2-5,12,14,18H,6-10H2,1H3. The molecule has 19 heavy (non-hydrogen) atoms. The van der Waals surface area contributed by atoms with Crippen molar-refractivity contribution in [2.24, 2.45) is 5.92 Å². The van der Waals surface area contributed by atoms with E-state index in [2.05, 4.69) is 40.2 Å². The Labute approximate surface area is 122 Å². The molecule has 0 bridgehead atoms. The molecule has 0 aromatic heterocycles. The topological polar surface area (TPSA) is 40.5 Å². The van der Waals surface area contributed by atoms with Crippen LogP contribution < -0.4 is 0 Å². The Bertz CT molecular complexity index is 432. The van der Waals surface area contributed by atoms with Gasteiger partial charge in [0, 0.05) is 24.9 Å². The minimum absolute atomic E-state index is 0.00199. The molecular formula is C15H20BrNO2. The van der Waals surface area contributed by atoms with Crippen LogP contribution in [0.2, 0.25) is 0 Å². The van der Waals surface area contributed by atoms with Crippen LogP contribution in [0.25, 0.3) is 0 Å². The second-order valence-electron chi connectivity index (χ2n) is 5.21. The van der Waals surface area contributed by atoms with E-state index >= 15 is 0 Å². The van der Waals surface area contributed by atoms with E-state index in [1.807, 2.05) is 11.8 Å². The van der Waals surface area contributed by atoms with Crippen LogP contribution >= 0.6 is 15.9 Å². The first-order valence-electron chi connectivity index (χ1n) is 6.68. The number of aliphatic hydroxyl groups is 1. The third-order valence-electron chi connectivity index (χ3n) is 3.70. The highest BCUT2D eigenvalue weighted by Gasteiger charge is 2.34. The predicted molar refractivity (Wildman–Crippen MR) is 79.2 cm³/mol. The van der Waals surface area contributed by atoms with Crippen molar-refractivity contribution in [1.82, 2.24) is 4.90 Å². The van der Waals surface area contributed by atoms with Crippen LogP contribution in [-0.4, -0.2) is 34.4 Å². The van der Waals surface area contributed by atoms with Crippen LogP contribution in [0.5, 0.6) is 0 Å². The van der Waals surface area contributed by atoms with Crippen molar-refractivity contribution < 1.29 is 9.90 Å². The first-order valence-corrected chi connectivity index (χ1v) is 7.80. The fourth-order valence-corrected chi connectivity index (χ4v) is 3.06. The lowest BCUT2D eigenvalue weighted by atomic mass is 10.0. The summed E-state index contributed by atoms with van der Waals surface area (Å²) in [6.07, 6.45) is 1.21. The predicted octanol–water partition coefficient (Wildman–Crippen LogP) is 2.66. The summed E-state index contributed by atoms with van der Waals surface area (Å²) in [6, 6.07) is 8.24. The molecule has 2 rings (SSSR count). The van der Waals surface area contributed by atoms with Gasteiger partial charge in [0.05, 0.1) is 6.04 Å². The maximum Gasteiger partial charge on any atom is 0.223 e. The molecule has 1 fully saturated rings. The Kier molecular flexibility index (Phi) is 4.99. The number of hydrogen-bond donors (Lipinski definition) is 1. The molecule has 0 aliphatic carbocycles. The number of hydrogen-bond acceptors (Lipinski definition) is 2. The molecule has 1 aromatic rings. The summed E-state index contributed by atoms with van der Waals surface area (Å²) in [7, 11) is 0. The van der Waals surface area contributed by atoms with Crippen LogP contribution in [0.1, 0.15) is 30.0 Å². The molecule has 2 unspecified atom stereocenters. The van der Waals surface area contributed by atoms with Crippen molar-refractivity contribution in [1.29, 1.82) is 0 Å². The fourth-order valence-electron chi connectivity index (χ4n) is 2.63. The zero-order valence-corrected chi connectivity index (χ0v) is 12.8. The van der Waals surface area contributed by atoms with E-state index in [4.69, 9.17) is 0 Å². The molecule has 1 N–H and O–H groups in total. The quantitative estimate of drug-likeness (QED) is 0.845. The summed E-state index contributed by atoms with van der Waals surface area (Å²) >= 11 is 3.46. The van der Waals surface area contributed by atoms with E-state index in [0.29, 0.717) is 18.8 Å². The Morgan fingerprint density at radius 1 is 1.42 bits per heavy atom. The number of benzene rings is 1. The van der Waals surface area contributed by atoms with Crippen LogP contribution in [0.15, 0.2) is 24.3 Å². The highest BCUT2D eigenvalue weighted by molar-refractivity contribution is 9.09. The first kappa shape index (κ1) is 14.5. The van der Waals surface area contributed by atoms with Crippen molar-refractivity contribution in [3.63, 3.8) is 0 Å². The lowest BCUT2D eigenvalue weighted by Crippen LogP contribution is -2.31. The van der Waals surface area contributed by atoms with Gasteiger partial charge in [0.15, 0.2) is 0 Å². The van der Waals surface area contributed by atoms with Crippen LogP contribution in [0.4, 0.5) is 0 Å². The van der Waals surface area contributed by atoms with E-state index in [-0.39, 0.29) is 18.6 Å². The van der Waals surface area contributed by atoms with Gasteiger partial charge in [-0.2, -0.15) is 0 Å². The van der Waals surface area contributed by atoms with Crippen molar-refractivity contribution in [3.8, 4) is 0 Å². The smallest absolute Gasteiger partial charge is 0.223 e. The van der Waals surface area contributed by atoms with Gasteiger partial charge in [-0.05, 0) is 24.8 Å². The number of nitrogens with zero attached hydrogens (tertiary/aromatic N) is 1. The maximum absolute atomic E-state index is 12.1. The Hall–Kier alpha value is -0.870. The Morgan fingerprint density at radius 2 is 2.11 bits per heavy atom. The van der Waals surface area contributed by atoms with Gasteiger partial charge in [-0.1, -0.05) is 45.8 Å². The summed E-state index contributed by atoms with van der Waals surface area (Å²) in [5.74, 6) is 0.586. The number of likely N-dealkylation sites (tertiary alicyclic amines) is 1. The molecule has 1 saturated heterocycles. The molecule has 2 atom stereocenters. The number of alkyl halides is 1. The number of carbonyl (C=O) groups is 1. The molecule has 1 aromatic carbocycles. The number of aliphatic hydroxyl groups excluding tert-OH is 1. The van der Waals surface area contributed by atoms with Gasteiger partial charge in [-0.15, -0.1) is 0 Å². The minimum atomic E-state index is 0.00199. The molecular weight excluding hydrogens is 306 g/mol. The molecule has 1 aliphatic rings. The normalized spacial score (nSPS) is 20.9. The van der Waals surface area contributed by atoms with Gasteiger partial charge in [-0.3, -0.25) is 4.79 Å². The van der Waals surface area contributed by atoms with Gasteiger partial charge >= 0.3 is 0 Å². The van der Waals surface area contributed by atoms with E-state index in [1.165, 1.54) is 5.56 Å². The highest BCUT2D eigenvalue weighted by Crippen LogP contribution is 2.31. The third kappa shape index (κ3) is 3.37. The largest absolute Gasteiger partial charge is 0.396 e. The van der Waals surface area contributed by atoms with Crippen LogP contribution in [0.3, 0.4) is 0 Å². The van der Waals surface area contributed by atoms with Crippen LogP contribution in [0, 0.1) is 12.8 Å². The zero-order chi connectivity index (χ0) is 13.8. The number of rotatable bonds is 5. The average Bonchev–Trinajstić information content (AvgIpc) is 2.78. The van der Waals surface area contributed by atoms with Gasteiger partial charge in [0.25, 0.3) is 0 Å². The number of halogens is 1. The maximum atomic E-state index is 12.1. The molecule has 0 saturated carbocycles. The van der Waals surface area contributed by atoms with Crippen molar-refractivity contribution in [3.05, 3.63) is 35.4 Å². The second-order valence-corrected chi connectivity index (χ2v) is 5.86. The molecule has 1 heterocycles. The third-order valence-corrected chi connectivity index (χ3v) is 4.61. The SMILES string of the molecule is Cc1ccc(C(CCO)N2CC(CBr)CC2=O)cc1. The summed E-state index contributed by atoms with van der Waals surface area (Å²) in [5.41, 5.74) is 2.32. The van der Waals surface area contributed by atoms with Gasteiger partial charge < -0.3 is 10.0 Å². The van der Waals surface area contributed by atoms with Gasteiger partial charge in [0.1, 0.15) is 0 Å². The van der Waals surface area contributed by atoms with Crippen molar-refractivity contribution >= 4 is 21.8 Å². The Morgan fingerprint density at radius 3 is 2.63 bits per heavy atom. The Balaban J connectivity index is 2.20. The lowest BCUT2D eigenvalue weighted by molar-refractivity contribution is -0.130. The zero-order valence-electron chi connectivity index (χ0n) is 11.2. The highest BCUT2D eigenvalue weighted by atomic mass is 79.9. The summed E-state index contributed by atoms with van der Waals surface area (Å²) < 4.78 is 0. The summed E-state index contributed by atoms with van der Waals surface area (Å²) in [6.45, 7) is 2.93. The monoisotopic (exact) mass is 325 g/mol. The second kappa shape index (κ2) is 6.53. The van der Waals surface area contributed by atoms with E-state index in [0.717, 1.165) is 17.4 Å². The summed E-state index contributed by atoms with van der Waals surface area (Å²) in [4.78, 5) is 14.0. The van der Waals surface area contributed by atoms with E-state index in [9.17, 15) is 9.90 Å². The number of amides is 1. The van der Waals surface area contributed by atoms with Crippen LogP contribution in [-0.2, 0) is 4.79 Å². The lowest BCUT2D eigenvalue weighted by Gasteiger charge is -2.28. The van der Waals surface area contributed by atoms with Crippen molar-refractivity contribution in [2.75, 3.05) is 18.5 Å². The fraction of sp³-hybridized carbons (Fsp3) is 0.533. The first-order chi connectivity index (χ1) is 9.15. The van der Waals surface area contributed by atoms with E-state index < -0.39 is 0 Å². The number of carbonyl (C=O) groups excluding carboxylic acids is 1. The molecule has 0 spiro atoms. The summed E-state index contributed by atoms with van der Waals surface area (Å²) in [5, 5.41) is 10.1. The van der Waals surface area contributed by atoms with E-state index in [1.54, 1.807) is 0 Å². The van der Waals surface area contributed by atoms with Gasteiger partial charge in [0.2, 0.25) is 5.91 Å². The molecule has 1 amide bonds. The number of aryl methyl sites for hydroxylation is 1. The van der Waals surface area contributed by atoms with Gasteiger partial charge in [-0.25, -0.2) is 0 Å². The van der Waals surface area contributed by atoms with Crippen molar-refractivity contribution in [2.45, 2.75) is 25.8 Å². The average molecular weight is 326 g/mol. The molecule has 3 nitrogen and oxygen atoms in total.